The van der Waals surface area contributed by atoms with E-state index >= 15 is 0 Å². The van der Waals surface area contributed by atoms with Crippen molar-refractivity contribution in [3.05, 3.63) is 18.0 Å². The molecule has 1 aliphatic heterocycles. The first kappa shape index (κ1) is 16.5. The number of hydrogen-bond acceptors (Lipinski definition) is 2. The lowest BCUT2D eigenvalue weighted by Crippen LogP contribution is -2.37. The van der Waals surface area contributed by atoms with Gasteiger partial charge in [0.25, 0.3) is 0 Å². The summed E-state index contributed by atoms with van der Waals surface area (Å²) in [7, 11) is 0. The average molecular weight is 291 g/mol. The first-order chi connectivity index (χ1) is 10.0. The van der Waals surface area contributed by atoms with Crippen LogP contribution in [0.25, 0.3) is 0 Å². The molecule has 0 amide bonds. The lowest BCUT2D eigenvalue weighted by molar-refractivity contribution is 0.156. The van der Waals surface area contributed by atoms with Gasteiger partial charge in [0.15, 0.2) is 0 Å². The molecule has 1 aliphatic rings. The van der Waals surface area contributed by atoms with Crippen LogP contribution in [0.2, 0.25) is 0 Å². The lowest BCUT2D eigenvalue weighted by atomic mass is 9.97. The highest BCUT2D eigenvalue weighted by molar-refractivity contribution is 5.08. The van der Waals surface area contributed by atoms with Crippen molar-refractivity contribution in [2.24, 2.45) is 11.8 Å². The maximum absolute atomic E-state index is 4.54. The molecule has 1 unspecified atom stereocenters. The van der Waals surface area contributed by atoms with Crippen LogP contribution in [0.3, 0.4) is 0 Å². The summed E-state index contributed by atoms with van der Waals surface area (Å²) in [5.74, 6) is 2.19. The Kier molecular flexibility index (Phi) is 6.28. The molecule has 2 rings (SSSR count). The minimum absolute atomic E-state index is 0.581. The van der Waals surface area contributed by atoms with E-state index in [-0.39, 0.29) is 0 Å². The number of aromatic nitrogens is 2. The molecule has 3 heteroatoms. The Labute approximate surface area is 130 Å². The topological polar surface area (TPSA) is 21.1 Å². The van der Waals surface area contributed by atoms with Gasteiger partial charge in [-0.2, -0.15) is 5.10 Å². The minimum atomic E-state index is 0.581. The van der Waals surface area contributed by atoms with Gasteiger partial charge < -0.3 is 4.90 Å². The van der Waals surface area contributed by atoms with Crippen molar-refractivity contribution in [1.82, 2.24) is 14.7 Å². The van der Waals surface area contributed by atoms with E-state index in [0.717, 1.165) is 18.4 Å². The van der Waals surface area contributed by atoms with Gasteiger partial charge in [-0.1, -0.05) is 27.7 Å². The Hall–Kier alpha value is -0.830. The van der Waals surface area contributed by atoms with Gasteiger partial charge >= 0.3 is 0 Å². The minimum Gasteiger partial charge on any atom is -0.303 e. The van der Waals surface area contributed by atoms with Crippen molar-refractivity contribution < 1.29 is 0 Å². The molecule has 0 aromatic carbocycles. The summed E-state index contributed by atoms with van der Waals surface area (Å²) in [4.78, 5) is 2.67. The fourth-order valence-corrected chi connectivity index (χ4v) is 3.27. The number of piperidine rings is 1. The van der Waals surface area contributed by atoms with Crippen molar-refractivity contribution in [1.29, 1.82) is 0 Å². The molecule has 1 atom stereocenters. The average Bonchev–Trinajstić information content (AvgIpc) is 2.87. The lowest BCUT2D eigenvalue weighted by Gasteiger charge is -2.32. The van der Waals surface area contributed by atoms with Gasteiger partial charge in [0, 0.05) is 19.3 Å². The molecule has 3 nitrogen and oxygen atoms in total. The molecule has 1 aromatic heterocycles. The van der Waals surface area contributed by atoms with Crippen LogP contribution in [0.15, 0.2) is 12.4 Å². The van der Waals surface area contributed by atoms with Crippen LogP contribution in [0.1, 0.15) is 64.9 Å². The highest BCUT2D eigenvalue weighted by Crippen LogP contribution is 2.20. The summed E-state index contributed by atoms with van der Waals surface area (Å²) in [6, 6.07) is 0. The highest BCUT2D eigenvalue weighted by Gasteiger charge is 2.20. The summed E-state index contributed by atoms with van der Waals surface area (Å²) >= 11 is 0. The molecule has 0 bridgehead atoms. The third-order valence-electron chi connectivity index (χ3n) is 4.62. The quantitative estimate of drug-likeness (QED) is 0.752. The molecule has 1 saturated heterocycles. The Bertz CT molecular complexity index is 408. The number of rotatable bonds is 7. The van der Waals surface area contributed by atoms with Crippen LogP contribution in [0.4, 0.5) is 0 Å². The molecule has 1 fully saturated rings. The molecular weight excluding hydrogens is 258 g/mol. The molecule has 21 heavy (non-hydrogen) atoms. The zero-order chi connectivity index (χ0) is 15.2. The second-order valence-corrected chi connectivity index (χ2v) is 7.50. The SMILES string of the molecule is CC(C)CCCN1CCCC(Cn2cc(C(C)C)cn2)C1. The molecular formula is C18H33N3. The van der Waals surface area contributed by atoms with Crippen molar-refractivity contribution in [2.75, 3.05) is 19.6 Å². The standard InChI is InChI=1S/C18H33N3/c1-15(2)7-5-9-20-10-6-8-17(12-20)13-21-14-18(11-19-21)16(3)4/h11,14-17H,5-10,12-13H2,1-4H3. The zero-order valence-corrected chi connectivity index (χ0v) is 14.4. The van der Waals surface area contributed by atoms with Gasteiger partial charge in [0.05, 0.1) is 6.20 Å². The van der Waals surface area contributed by atoms with Crippen molar-refractivity contribution in [3.8, 4) is 0 Å². The van der Waals surface area contributed by atoms with Crippen LogP contribution in [-0.2, 0) is 6.54 Å². The number of hydrogen-bond donors (Lipinski definition) is 0. The zero-order valence-electron chi connectivity index (χ0n) is 14.4. The third-order valence-corrected chi connectivity index (χ3v) is 4.62. The van der Waals surface area contributed by atoms with E-state index in [2.05, 4.69) is 48.6 Å². The summed E-state index contributed by atoms with van der Waals surface area (Å²) in [5.41, 5.74) is 1.36. The van der Waals surface area contributed by atoms with Crippen LogP contribution < -0.4 is 0 Å². The predicted octanol–water partition coefficient (Wildman–Crippen LogP) is 4.15. The molecule has 1 aromatic rings. The van der Waals surface area contributed by atoms with Crippen LogP contribution in [-0.4, -0.2) is 34.3 Å². The van der Waals surface area contributed by atoms with Crippen molar-refractivity contribution >= 4 is 0 Å². The van der Waals surface area contributed by atoms with E-state index in [1.165, 1.54) is 50.9 Å². The molecule has 0 radical (unpaired) electrons. The second kappa shape index (κ2) is 7.98. The number of likely N-dealkylation sites (tertiary alicyclic amines) is 1. The first-order valence-corrected chi connectivity index (χ1v) is 8.79. The Balaban J connectivity index is 1.77. The Morgan fingerprint density at radius 1 is 1.29 bits per heavy atom. The van der Waals surface area contributed by atoms with Crippen LogP contribution in [0.5, 0.6) is 0 Å². The van der Waals surface area contributed by atoms with E-state index in [9.17, 15) is 0 Å². The fourth-order valence-electron chi connectivity index (χ4n) is 3.27. The van der Waals surface area contributed by atoms with Gasteiger partial charge in [-0.3, -0.25) is 4.68 Å². The van der Waals surface area contributed by atoms with E-state index in [1.807, 2.05) is 6.20 Å². The van der Waals surface area contributed by atoms with Crippen molar-refractivity contribution in [3.63, 3.8) is 0 Å². The molecule has 0 spiro atoms. The highest BCUT2D eigenvalue weighted by atomic mass is 15.3. The molecule has 2 heterocycles. The van der Waals surface area contributed by atoms with Crippen LogP contribution >= 0.6 is 0 Å². The summed E-state index contributed by atoms with van der Waals surface area (Å²) < 4.78 is 2.16. The van der Waals surface area contributed by atoms with Gasteiger partial charge in [0.2, 0.25) is 0 Å². The molecule has 0 saturated carbocycles. The van der Waals surface area contributed by atoms with Gasteiger partial charge in [-0.25, -0.2) is 0 Å². The second-order valence-electron chi connectivity index (χ2n) is 7.50. The van der Waals surface area contributed by atoms with E-state index in [1.54, 1.807) is 0 Å². The smallest absolute Gasteiger partial charge is 0.0524 e. The van der Waals surface area contributed by atoms with E-state index in [4.69, 9.17) is 0 Å². The van der Waals surface area contributed by atoms with E-state index < -0.39 is 0 Å². The Morgan fingerprint density at radius 3 is 2.76 bits per heavy atom. The maximum Gasteiger partial charge on any atom is 0.0524 e. The van der Waals surface area contributed by atoms with Crippen molar-refractivity contribution in [2.45, 2.75) is 65.8 Å². The normalized spacial score (nSPS) is 20.6. The molecule has 0 N–H and O–H groups in total. The number of nitrogens with zero attached hydrogens (tertiary/aromatic N) is 3. The third kappa shape index (κ3) is 5.46. The maximum atomic E-state index is 4.54. The molecule has 120 valence electrons. The van der Waals surface area contributed by atoms with Gasteiger partial charge in [-0.05, 0) is 62.1 Å². The molecule has 0 aliphatic carbocycles. The first-order valence-electron chi connectivity index (χ1n) is 8.79. The summed E-state index contributed by atoms with van der Waals surface area (Å²) in [6.07, 6.45) is 9.69. The summed E-state index contributed by atoms with van der Waals surface area (Å²) in [5, 5.41) is 4.54. The Morgan fingerprint density at radius 2 is 2.10 bits per heavy atom. The van der Waals surface area contributed by atoms with E-state index in [0.29, 0.717) is 5.92 Å². The van der Waals surface area contributed by atoms with Gasteiger partial charge in [0.1, 0.15) is 0 Å². The monoisotopic (exact) mass is 291 g/mol. The summed E-state index contributed by atoms with van der Waals surface area (Å²) in [6.45, 7) is 14.0. The van der Waals surface area contributed by atoms with Gasteiger partial charge in [-0.15, -0.1) is 0 Å². The van der Waals surface area contributed by atoms with Crippen LogP contribution in [0, 0.1) is 11.8 Å². The largest absolute Gasteiger partial charge is 0.303 e. The fraction of sp³-hybridized carbons (Fsp3) is 0.833. The predicted molar refractivity (Wildman–Crippen MR) is 89.6 cm³/mol.